The van der Waals surface area contributed by atoms with Crippen LogP contribution in [0.4, 0.5) is 4.39 Å². The third-order valence-corrected chi connectivity index (χ3v) is 4.32. The van der Waals surface area contributed by atoms with Crippen molar-refractivity contribution in [2.75, 3.05) is 0 Å². The van der Waals surface area contributed by atoms with Crippen LogP contribution in [0.3, 0.4) is 0 Å². The second kappa shape index (κ2) is 7.83. The van der Waals surface area contributed by atoms with E-state index in [4.69, 9.17) is 4.52 Å². The molecule has 124 valence electrons. The van der Waals surface area contributed by atoms with E-state index in [1.54, 1.807) is 18.2 Å². The predicted octanol–water partition coefficient (Wildman–Crippen LogP) is 3.58. The van der Waals surface area contributed by atoms with E-state index in [0.717, 1.165) is 4.88 Å². The fourth-order valence-corrected chi connectivity index (χ4v) is 2.88. The molecule has 0 radical (unpaired) electrons. The predicted molar refractivity (Wildman–Crippen MR) is 88.8 cm³/mol. The maximum Gasteiger partial charge on any atom is 0.246 e. The van der Waals surface area contributed by atoms with Crippen molar-refractivity contribution in [3.8, 4) is 10.7 Å². The molecule has 3 rings (SSSR count). The molecule has 2 heterocycles. The van der Waals surface area contributed by atoms with E-state index in [2.05, 4.69) is 15.5 Å². The van der Waals surface area contributed by atoms with Crippen molar-refractivity contribution in [3.05, 3.63) is 59.0 Å². The molecule has 0 aliphatic heterocycles. The van der Waals surface area contributed by atoms with Gasteiger partial charge >= 0.3 is 0 Å². The molecule has 2 aromatic heterocycles. The van der Waals surface area contributed by atoms with Crippen LogP contribution in [0, 0.1) is 5.82 Å². The lowest BCUT2D eigenvalue weighted by Gasteiger charge is -2.04. The van der Waals surface area contributed by atoms with Gasteiger partial charge in [-0.15, -0.1) is 11.3 Å². The summed E-state index contributed by atoms with van der Waals surface area (Å²) in [6.45, 7) is 0.191. The van der Waals surface area contributed by atoms with Gasteiger partial charge in [0, 0.05) is 6.42 Å². The topological polar surface area (TPSA) is 68.0 Å². The van der Waals surface area contributed by atoms with Crippen molar-refractivity contribution < 1.29 is 13.7 Å². The van der Waals surface area contributed by atoms with E-state index < -0.39 is 0 Å². The fourth-order valence-electron chi connectivity index (χ4n) is 2.24. The summed E-state index contributed by atoms with van der Waals surface area (Å²) >= 11 is 1.52. The number of hydrogen-bond acceptors (Lipinski definition) is 5. The zero-order chi connectivity index (χ0) is 16.8. The summed E-state index contributed by atoms with van der Waals surface area (Å²) in [5.74, 6) is 0.529. The molecular formula is C17H16FN3O2S. The Morgan fingerprint density at radius 2 is 2.12 bits per heavy atom. The second-order valence-electron chi connectivity index (χ2n) is 5.21. The number of halogens is 1. The molecule has 24 heavy (non-hydrogen) atoms. The van der Waals surface area contributed by atoms with Gasteiger partial charge in [0.25, 0.3) is 0 Å². The number of carbonyl (C=O) groups excluding carboxylic acids is 1. The Kier molecular flexibility index (Phi) is 5.32. The van der Waals surface area contributed by atoms with Gasteiger partial charge in [0.1, 0.15) is 5.82 Å². The quantitative estimate of drug-likeness (QED) is 0.711. The van der Waals surface area contributed by atoms with E-state index in [1.165, 1.54) is 17.4 Å². The lowest BCUT2D eigenvalue weighted by atomic mass is 10.1. The molecule has 0 atom stereocenters. The van der Waals surface area contributed by atoms with Crippen molar-refractivity contribution >= 4 is 17.2 Å². The van der Waals surface area contributed by atoms with Crippen molar-refractivity contribution in [2.45, 2.75) is 25.8 Å². The normalized spacial score (nSPS) is 10.7. The number of hydrogen-bond donors (Lipinski definition) is 1. The molecule has 1 amide bonds. The number of aromatic nitrogens is 2. The van der Waals surface area contributed by atoms with Crippen molar-refractivity contribution in [2.24, 2.45) is 0 Å². The van der Waals surface area contributed by atoms with Gasteiger partial charge in [-0.3, -0.25) is 4.79 Å². The van der Waals surface area contributed by atoms with Gasteiger partial charge in [0.15, 0.2) is 0 Å². The first-order chi connectivity index (χ1) is 11.7. The summed E-state index contributed by atoms with van der Waals surface area (Å²) < 4.78 is 18.6. The van der Waals surface area contributed by atoms with Crippen LogP contribution in [0.25, 0.3) is 10.7 Å². The molecule has 0 bridgehead atoms. The first kappa shape index (κ1) is 16.3. The average molecular weight is 345 g/mol. The molecule has 0 spiro atoms. The highest BCUT2D eigenvalue weighted by Crippen LogP contribution is 2.21. The molecular weight excluding hydrogens is 329 g/mol. The number of amides is 1. The van der Waals surface area contributed by atoms with E-state index >= 15 is 0 Å². The van der Waals surface area contributed by atoms with Crippen LogP contribution in [0.5, 0.6) is 0 Å². The molecule has 0 saturated carbocycles. The van der Waals surface area contributed by atoms with E-state index in [1.807, 2.05) is 17.5 Å². The summed E-state index contributed by atoms with van der Waals surface area (Å²) in [6.07, 6.45) is 1.43. The zero-order valence-electron chi connectivity index (χ0n) is 12.9. The Morgan fingerprint density at radius 1 is 1.25 bits per heavy atom. The Labute approximate surface area is 142 Å². The molecule has 0 fully saturated rings. The first-order valence-corrected chi connectivity index (χ1v) is 8.47. The van der Waals surface area contributed by atoms with Gasteiger partial charge in [0.2, 0.25) is 17.6 Å². The van der Waals surface area contributed by atoms with Crippen molar-refractivity contribution in [1.82, 2.24) is 15.5 Å². The number of rotatable bonds is 7. The average Bonchev–Trinajstić information content (AvgIpc) is 3.26. The zero-order valence-corrected chi connectivity index (χ0v) is 13.7. The van der Waals surface area contributed by atoms with Gasteiger partial charge in [0.05, 0.1) is 11.4 Å². The molecule has 1 aromatic carbocycles. The summed E-state index contributed by atoms with van der Waals surface area (Å²) in [5.41, 5.74) is 0.628. The first-order valence-electron chi connectivity index (χ1n) is 7.59. The Hall–Kier alpha value is -2.54. The third-order valence-electron chi connectivity index (χ3n) is 3.45. The lowest BCUT2D eigenvalue weighted by molar-refractivity contribution is -0.121. The number of aryl methyl sites for hydroxylation is 1. The Balaban J connectivity index is 1.42. The molecule has 0 unspecified atom stereocenters. The summed E-state index contributed by atoms with van der Waals surface area (Å²) in [4.78, 5) is 17.0. The molecule has 0 aliphatic carbocycles. The summed E-state index contributed by atoms with van der Waals surface area (Å²) in [5, 5.41) is 8.55. The van der Waals surface area contributed by atoms with Crippen LogP contribution in [-0.2, 0) is 17.8 Å². The SMILES string of the molecule is O=C(CCCc1ccccc1F)NCc1nc(-c2cccs2)no1. The van der Waals surface area contributed by atoms with Gasteiger partial charge < -0.3 is 9.84 Å². The molecule has 5 nitrogen and oxygen atoms in total. The van der Waals surface area contributed by atoms with Crippen LogP contribution < -0.4 is 5.32 Å². The van der Waals surface area contributed by atoms with Crippen LogP contribution in [-0.4, -0.2) is 16.0 Å². The number of nitrogens with zero attached hydrogens (tertiary/aromatic N) is 2. The molecule has 3 aromatic rings. The summed E-state index contributed by atoms with van der Waals surface area (Å²) in [7, 11) is 0. The highest BCUT2D eigenvalue weighted by molar-refractivity contribution is 7.13. The minimum Gasteiger partial charge on any atom is -0.347 e. The second-order valence-corrected chi connectivity index (χ2v) is 6.16. The number of nitrogens with one attached hydrogen (secondary N) is 1. The molecule has 1 N–H and O–H groups in total. The highest BCUT2D eigenvalue weighted by Gasteiger charge is 2.10. The fraction of sp³-hybridized carbons (Fsp3) is 0.235. The molecule has 0 aliphatic rings. The van der Waals surface area contributed by atoms with Crippen molar-refractivity contribution in [1.29, 1.82) is 0 Å². The van der Waals surface area contributed by atoms with E-state index in [0.29, 0.717) is 36.5 Å². The van der Waals surface area contributed by atoms with Crippen LogP contribution in [0.2, 0.25) is 0 Å². The minimum atomic E-state index is -0.232. The van der Waals surface area contributed by atoms with E-state index in [-0.39, 0.29) is 18.3 Å². The maximum atomic E-state index is 13.5. The standard InChI is InChI=1S/C17H16FN3O2S/c18-13-7-2-1-5-12(13)6-3-9-15(22)19-11-16-20-17(21-23-16)14-8-4-10-24-14/h1-2,4-5,7-8,10H,3,6,9,11H2,(H,19,22). The largest absolute Gasteiger partial charge is 0.347 e. The van der Waals surface area contributed by atoms with Gasteiger partial charge in [-0.2, -0.15) is 4.98 Å². The van der Waals surface area contributed by atoms with Crippen LogP contribution in [0.15, 0.2) is 46.3 Å². The van der Waals surface area contributed by atoms with Crippen LogP contribution >= 0.6 is 11.3 Å². The van der Waals surface area contributed by atoms with Gasteiger partial charge in [-0.25, -0.2) is 4.39 Å². The number of carbonyl (C=O) groups is 1. The molecule has 0 saturated heterocycles. The monoisotopic (exact) mass is 345 g/mol. The third kappa shape index (κ3) is 4.26. The highest BCUT2D eigenvalue weighted by atomic mass is 32.1. The Morgan fingerprint density at radius 3 is 2.92 bits per heavy atom. The van der Waals surface area contributed by atoms with E-state index in [9.17, 15) is 9.18 Å². The lowest BCUT2D eigenvalue weighted by Crippen LogP contribution is -2.22. The number of benzene rings is 1. The van der Waals surface area contributed by atoms with Gasteiger partial charge in [-0.05, 0) is 35.9 Å². The number of thiophene rings is 1. The van der Waals surface area contributed by atoms with Crippen molar-refractivity contribution in [3.63, 3.8) is 0 Å². The maximum absolute atomic E-state index is 13.5. The summed E-state index contributed by atoms with van der Waals surface area (Å²) in [6, 6.07) is 10.4. The smallest absolute Gasteiger partial charge is 0.246 e. The van der Waals surface area contributed by atoms with Crippen LogP contribution in [0.1, 0.15) is 24.3 Å². The van der Waals surface area contributed by atoms with Gasteiger partial charge in [-0.1, -0.05) is 29.4 Å². The Bertz CT molecular complexity index is 802. The minimum absolute atomic E-state index is 0.123. The molecule has 7 heteroatoms.